The van der Waals surface area contributed by atoms with E-state index in [2.05, 4.69) is 47.1 Å². The average molecular weight is 291 g/mol. The van der Waals surface area contributed by atoms with Gasteiger partial charge in [-0.2, -0.15) is 0 Å². The minimum absolute atomic E-state index is 0.890. The van der Waals surface area contributed by atoms with Crippen molar-refractivity contribution >= 4 is 33.0 Å². The second-order valence-corrected chi connectivity index (χ2v) is 5.03. The summed E-state index contributed by atoms with van der Waals surface area (Å²) in [5.74, 6) is 0. The number of halogens is 1. The quantitative estimate of drug-likeness (QED) is 0.579. The molecular weight excluding hydrogens is 280 g/mol. The van der Waals surface area contributed by atoms with Crippen LogP contribution in [0.4, 0.5) is 0 Å². The summed E-state index contributed by atoms with van der Waals surface area (Å²) in [6.07, 6.45) is 0. The molecular formula is C14H11BrS. The van der Waals surface area contributed by atoms with Crippen LogP contribution in [0.1, 0.15) is 16.7 Å². The molecule has 0 aliphatic rings. The van der Waals surface area contributed by atoms with Crippen molar-refractivity contribution in [1.82, 2.24) is 0 Å². The number of rotatable bonds is 2. The molecule has 0 heterocycles. The molecule has 0 saturated heterocycles. The van der Waals surface area contributed by atoms with Gasteiger partial charge in [-0.1, -0.05) is 70.1 Å². The molecule has 0 spiro atoms. The Balaban J connectivity index is 2.35. The van der Waals surface area contributed by atoms with Crippen LogP contribution in [0.25, 0.3) is 0 Å². The molecule has 0 aliphatic carbocycles. The maximum atomic E-state index is 5.47. The van der Waals surface area contributed by atoms with Crippen molar-refractivity contribution in [3.8, 4) is 0 Å². The molecule has 80 valence electrons. The Morgan fingerprint density at radius 1 is 1.00 bits per heavy atom. The molecule has 2 heteroatoms. The minimum Gasteiger partial charge on any atom is -0.0788 e. The van der Waals surface area contributed by atoms with Gasteiger partial charge in [-0.15, -0.1) is 0 Å². The van der Waals surface area contributed by atoms with Gasteiger partial charge in [0.05, 0.1) is 4.86 Å². The predicted octanol–water partition coefficient (Wildman–Crippen LogP) is 4.52. The van der Waals surface area contributed by atoms with Crippen molar-refractivity contribution in [2.75, 3.05) is 0 Å². The van der Waals surface area contributed by atoms with Crippen LogP contribution in [-0.4, -0.2) is 4.86 Å². The molecule has 0 aliphatic heterocycles. The number of aryl methyl sites for hydroxylation is 1. The van der Waals surface area contributed by atoms with E-state index >= 15 is 0 Å². The smallest absolute Gasteiger partial charge is 0.0522 e. The first kappa shape index (κ1) is 11.5. The van der Waals surface area contributed by atoms with Gasteiger partial charge in [0.15, 0.2) is 0 Å². The van der Waals surface area contributed by atoms with Crippen molar-refractivity contribution in [2.24, 2.45) is 0 Å². The Morgan fingerprint density at radius 3 is 2.31 bits per heavy atom. The Morgan fingerprint density at radius 2 is 1.69 bits per heavy atom. The van der Waals surface area contributed by atoms with Gasteiger partial charge in [-0.05, 0) is 30.2 Å². The minimum atomic E-state index is 0.890. The lowest BCUT2D eigenvalue weighted by Gasteiger charge is -2.05. The third-order valence-corrected chi connectivity index (χ3v) is 3.37. The zero-order chi connectivity index (χ0) is 11.5. The van der Waals surface area contributed by atoms with E-state index in [0.717, 1.165) is 20.5 Å². The van der Waals surface area contributed by atoms with Crippen LogP contribution in [0, 0.1) is 6.92 Å². The topological polar surface area (TPSA) is 0 Å². The van der Waals surface area contributed by atoms with Crippen molar-refractivity contribution in [1.29, 1.82) is 0 Å². The number of thiocarbonyl (C=S) groups is 1. The van der Waals surface area contributed by atoms with Gasteiger partial charge in [0, 0.05) is 4.47 Å². The lowest BCUT2D eigenvalue weighted by Crippen LogP contribution is -1.99. The Bertz CT molecular complexity index is 515. The van der Waals surface area contributed by atoms with Gasteiger partial charge in [0.1, 0.15) is 0 Å². The van der Waals surface area contributed by atoms with Gasteiger partial charge < -0.3 is 0 Å². The van der Waals surface area contributed by atoms with Crippen molar-refractivity contribution in [3.05, 3.63) is 69.7 Å². The van der Waals surface area contributed by atoms with E-state index in [0.29, 0.717) is 0 Å². The molecule has 0 unspecified atom stereocenters. The maximum Gasteiger partial charge on any atom is 0.0522 e. The summed E-state index contributed by atoms with van der Waals surface area (Å²) in [6, 6.07) is 16.4. The summed E-state index contributed by atoms with van der Waals surface area (Å²) in [6.45, 7) is 2.08. The van der Waals surface area contributed by atoms with Crippen LogP contribution in [0.3, 0.4) is 0 Å². The average Bonchev–Trinajstić information content (AvgIpc) is 2.29. The van der Waals surface area contributed by atoms with Gasteiger partial charge >= 0.3 is 0 Å². The normalized spacial score (nSPS) is 10.1. The van der Waals surface area contributed by atoms with Gasteiger partial charge in [-0.25, -0.2) is 0 Å². The maximum absolute atomic E-state index is 5.47. The number of hydrogen-bond donors (Lipinski definition) is 0. The van der Waals surface area contributed by atoms with E-state index in [1.165, 1.54) is 5.56 Å². The van der Waals surface area contributed by atoms with E-state index in [1.807, 2.05) is 24.3 Å². The predicted molar refractivity (Wildman–Crippen MR) is 76.1 cm³/mol. The molecule has 2 aromatic rings. The zero-order valence-corrected chi connectivity index (χ0v) is 11.3. The van der Waals surface area contributed by atoms with Crippen LogP contribution in [-0.2, 0) is 0 Å². The molecule has 0 aromatic heterocycles. The van der Waals surface area contributed by atoms with E-state index in [-0.39, 0.29) is 0 Å². The van der Waals surface area contributed by atoms with Crippen LogP contribution in [0.2, 0.25) is 0 Å². The van der Waals surface area contributed by atoms with Crippen molar-refractivity contribution in [2.45, 2.75) is 6.92 Å². The molecule has 0 saturated carbocycles. The lowest BCUT2D eigenvalue weighted by molar-refractivity contribution is 1.46. The first-order valence-corrected chi connectivity index (χ1v) is 6.24. The monoisotopic (exact) mass is 290 g/mol. The number of benzene rings is 2. The molecule has 0 atom stereocenters. The SMILES string of the molecule is Cc1ccc(C(=S)c2cccc(Br)c2)cc1. The van der Waals surface area contributed by atoms with Gasteiger partial charge in [0.25, 0.3) is 0 Å². The molecule has 0 amide bonds. The standard InChI is InChI=1S/C14H11BrS/c1-10-5-7-11(8-6-10)14(16)12-3-2-4-13(15)9-12/h2-9H,1H3. The van der Waals surface area contributed by atoms with E-state index in [4.69, 9.17) is 12.2 Å². The Kier molecular flexibility index (Phi) is 3.52. The van der Waals surface area contributed by atoms with Gasteiger partial charge in [0.2, 0.25) is 0 Å². The van der Waals surface area contributed by atoms with E-state index in [9.17, 15) is 0 Å². The van der Waals surface area contributed by atoms with Crippen LogP contribution in [0.15, 0.2) is 53.0 Å². The van der Waals surface area contributed by atoms with Crippen molar-refractivity contribution in [3.63, 3.8) is 0 Å². The van der Waals surface area contributed by atoms with Crippen molar-refractivity contribution < 1.29 is 0 Å². The van der Waals surface area contributed by atoms with E-state index < -0.39 is 0 Å². The molecule has 0 nitrogen and oxygen atoms in total. The molecule has 16 heavy (non-hydrogen) atoms. The van der Waals surface area contributed by atoms with E-state index in [1.54, 1.807) is 0 Å². The molecule has 2 rings (SSSR count). The van der Waals surface area contributed by atoms with Crippen LogP contribution >= 0.6 is 28.1 Å². The second-order valence-electron chi connectivity index (χ2n) is 3.71. The second kappa shape index (κ2) is 4.89. The number of hydrogen-bond acceptors (Lipinski definition) is 1. The fourth-order valence-corrected chi connectivity index (χ4v) is 2.16. The summed E-state index contributed by atoms with van der Waals surface area (Å²) < 4.78 is 1.06. The third kappa shape index (κ3) is 2.57. The molecule has 0 fully saturated rings. The fraction of sp³-hybridized carbons (Fsp3) is 0.0714. The molecule has 0 bridgehead atoms. The summed E-state index contributed by atoms with van der Waals surface area (Å²) in [5, 5.41) is 0. The fourth-order valence-electron chi connectivity index (χ4n) is 1.50. The zero-order valence-electron chi connectivity index (χ0n) is 8.91. The third-order valence-electron chi connectivity index (χ3n) is 2.40. The highest BCUT2D eigenvalue weighted by Gasteiger charge is 2.04. The Labute approximate surface area is 109 Å². The van der Waals surface area contributed by atoms with Crippen LogP contribution in [0.5, 0.6) is 0 Å². The molecule has 0 radical (unpaired) electrons. The highest BCUT2D eigenvalue weighted by molar-refractivity contribution is 9.10. The summed E-state index contributed by atoms with van der Waals surface area (Å²) in [4.78, 5) is 0.890. The Hall–Kier alpha value is -0.990. The highest BCUT2D eigenvalue weighted by atomic mass is 79.9. The largest absolute Gasteiger partial charge is 0.0788 e. The summed E-state index contributed by atoms with van der Waals surface area (Å²) >= 11 is 8.92. The first-order valence-electron chi connectivity index (χ1n) is 5.04. The summed E-state index contributed by atoms with van der Waals surface area (Å²) in [7, 11) is 0. The first-order chi connectivity index (χ1) is 7.66. The van der Waals surface area contributed by atoms with Gasteiger partial charge in [-0.3, -0.25) is 0 Å². The summed E-state index contributed by atoms with van der Waals surface area (Å²) in [5.41, 5.74) is 3.42. The highest BCUT2D eigenvalue weighted by Crippen LogP contribution is 2.16. The van der Waals surface area contributed by atoms with Crippen LogP contribution < -0.4 is 0 Å². The molecule has 0 N–H and O–H groups in total. The molecule has 2 aromatic carbocycles. The lowest BCUT2D eigenvalue weighted by atomic mass is 10.0.